The zero-order chi connectivity index (χ0) is 19.2. The zero-order valence-electron chi connectivity index (χ0n) is 13.5. The van der Waals surface area contributed by atoms with Gasteiger partial charge in [0.2, 0.25) is 5.89 Å². The second kappa shape index (κ2) is 6.48. The van der Waals surface area contributed by atoms with Crippen molar-refractivity contribution in [1.82, 2.24) is 4.98 Å². The molecule has 0 atom stereocenters. The molecule has 0 fully saturated rings. The van der Waals surface area contributed by atoms with E-state index in [1.165, 1.54) is 12.1 Å². The minimum atomic E-state index is -4.97. The van der Waals surface area contributed by atoms with E-state index in [2.05, 4.69) is 4.98 Å². The standard InChI is InChI=1S/C17H11Cl2F3N2O2/c1-8-5-10(24(2)16(25)17(20,21)22)7-13-14(8)26-15(23-13)11-6-9(18)3-4-12(11)19/h3-7H,1-2H3. The summed E-state index contributed by atoms with van der Waals surface area (Å²) in [7, 11) is 1.05. The second-order valence-electron chi connectivity index (χ2n) is 5.62. The van der Waals surface area contributed by atoms with E-state index >= 15 is 0 Å². The van der Waals surface area contributed by atoms with Crippen molar-refractivity contribution in [2.45, 2.75) is 13.1 Å². The fourth-order valence-electron chi connectivity index (χ4n) is 2.46. The quantitative estimate of drug-likeness (QED) is 0.557. The Hall–Kier alpha value is -2.25. The predicted molar refractivity (Wildman–Crippen MR) is 93.7 cm³/mol. The Morgan fingerprint density at radius 2 is 1.88 bits per heavy atom. The van der Waals surface area contributed by atoms with Crippen molar-refractivity contribution in [2.75, 3.05) is 11.9 Å². The molecule has 1 aromatic heterocycles. The van der Waals surface area contributed by atoms with Crippen LogP contribution in [0.5, 0.6) is 0 Å². The number of amides is 1. The van der Waals surface area contributed by atoms with Gasteiger partial charge in [0.1, 0.15) is 5.52 Å². The number of benzene rings is 2. The number of rotatable bonds is 2. The molecule has 1 amide bonds. The Balaban J connectivity index is 2.10. The van der Waals surface area contributed by atoms with Crippen LogP contribution in [0.4, 0.5) is 18.9 Å². The summed E-state index contributed by atoms with van der Waals surface area (Å²) in [6, 6.07) is 7.53. The van der Waals surface area contributed by atoms with Gasteiger partial charge in [0.15, 0.2) is 5.58 Å². The van der Waals surface area contributed by atoms with Crippen LogP contribution in [0.25, 0.3) is 22.6 Å². The van der Waals surface area contributed by atoms with Gasteiger partial charge in [-0.1, -0.05) is 23.2 Å². The summed E-state index contributed by atoms with van der Waals surface area (Å²) >= 11 is 12.1. The Labute approximate surface area is 156 Å². The van der Waals surface area contributed by atoms with Crippen LogP contribution in [0.2, 0.25) is 10.0 Å². The maximum Gasteiger partial charge on any atom is 0.471 e. The van der Waals surface area contributed by atoms with Gasteiger partial charge in [-0.25, -0.2) is 4.98 Å². The minimum Gasteiger partial charge on any atom is -0.436 e. The van der Waals surface area contributed by atoms with Crippen LogP contribution in [0.1, 0.15) is 5.56 Å². The van der Waals surface area contributed by atoms with E-state index in [0.717, 1.165) is 7.05 Å². The molecule has 0 spiro atoms. The summed E-state index contributed by atoms with van der Waals surface area (Å²) in [5, 5.41) is 0.794. The van der Waals surface area contributed by atoms with Crippen molar-refractivity contribution in [3.05, 3.63) is 45.9 Å². The van der Waals surface area contributed by atoms with Gasteiger partial charge in [0.05, 0.1) is 10.6 Å². The molecule has 0 saturated carbocycles. The lowest BCUT2D eigenvalue weighted by Crippen LogP contribution is -2.38. The number of hydrogen-bond donors (Lipinski definition) is 0. The first kappa shape index (κ1) is 18.5. The number of aryl methyl sites for hydroxylation is 1. The van der Waals surface area contributed by atoms with Crippen molar-refractivity contribution in [3.8, 4) is 11.5 Å². The maximum atomic E-state index is 12.7. The molecule has 0 N–H and O–H groups in total. The van der Waals surface area contributed by atoms with Gasteiger partial charge in [0.25, 0.3) is 0 Å². The molecular formula is C17H11Cl2F3N2O2. The number of halogens is 5. The number of aromatic nitrogens is 1. The maximum absolute atomic E-state index is 12.7. The van der Waals surface area contributed by atoms with Crippen molar-refractivity contribution < 1.29 is 22.4 Å². The van der Waals surface area contributed by atoms with E-state index < -0.39 is 12.1 Å². The molecule has 26 heavy (non-hydrogen) atoms. The van der Waals surface area contributed by atoms with Crippen LogP contribution >= 0.6 is 23.2 Å². The van der Waals surface area contributed by atoms with Crippen LogP contribution in [-0.4, -0.2) is 24.1 Å². The SMILES string of the molecule is Cc1cc(N(C)C(=O)C(F)(F)F)cc2nc(-c3cc(Cl)ccc3Cl)oc12. The van der Waals surface area contributed by atoms with Gasteiger partial charge < -0.3 is 9.32 Å². The molecule has 0 unspecified atom stereocenters. The lowest BCUT2D eigenvalue weighted by molar-refractivity contribution is -0.170. The van der Waals surface area contributed by atoms with Crippen molar-refractivity contribution in [2.24, 2.45) is 0 Å². The van der Waals surface area contributed by atoms with Crippen molar-refractivity contribution in [3.63, 3.8) is 0 Å². The molecule has 3 aromatic rings. The van der Waals surface area contributed by atoms with E-state index in [1.54, 1.807) is 25.1 Å². The monoisotopic (exact) mass is 402 g/mol. The van der Waals surface area contributed by atoms with Gasteiger partial charge in [-0.15, -0.1) is 0 Å². The van der Waals surface area contributed by atoms with Crippen LogP contribution in [0.3, 0.4) is 0 Å². The average Bonchev–Trinajstić information content (AvgIpc) is 2.99. The van der Waals surface area contributed by atoms with Crippen molar-refractivity contribution in [1.29, 1.82) is 0 Å². The fraction of sp³-hybridized carbons (Fsp3) is 0.176. The summed E-state index contributed by atoms with van der Waals surface area (Å²) in [6.45, 7) is 1.65. The van der Waals surface area contributed by atoms with E-state index in [0.29, 0.717) is 37.2 Å². The smallest absolute Gasteiger partial charge is 0.436 e. The highest BCUT2D eigenvalue weighted by Crippen LogP contribution is 2.35. The van der Waals surface area contributed by atoms with Crippen LogP contribution in [0.15, 0.2) is 34.7 Å². The number of carbonyl (C=O) groups is 1. The number of carbonyl (C=O) groups excluding carboxylic acids is 1. The third-order valence-electron chi connectivity index (χ3n) is 3.75. The third-order valence-corrected chi connectivity index (χ3v) is 4.32. The Bertz CT molecular complexity index is 1020. The van der Waals surface area contributed by atoms with Gasteiger partial charge >= 0.3 is 12.1 Å². The molecule has 0 radical (unpaired) electrons. The number of nitrogens with zero attached hydrogens (tertiary/aromatic N) is 2. The lowest BCUT2D eigenvalue weighted by Gasteiger charge is -2.19. The highest BCUT2D eigenvalue weighted by Gasteiger charge is 2.41. The normalized spacial score (nSPS) is 11.8. The van der Waals surface area contributed by atoms with Crippen LogP contribution in [0, 0.1) is 6.92 Å². The second-order valence-corrected chi connectivity index (χ2v) is 6.46. The molecule has 4 nitrogen and oxygen atoms in total. The molecule has 3 rings (SSSR count). The first-order valence-electron chi connectivity index (χ1n) is 7.29. The molecule has 2 aromatic carbocycles. The molecule has 0 aliphatic carbocycles. The molecule has 0 bridgehead atoms. The van der Waals surface area contributed by atoms with Crippen LogP contribution < -0.4 is 4.90 Å². The Morgan fingerprint density at radius 3 is 2.54 bits per heavy atom. The average molecular weight is 403 g/mol. The first-order chi connectivity index (χ1) is 12.1. The summed E-state index contributed by atoms with van der Waals surface area (Å²) in [6.07, 6.45) is -4.97. The summed E-state index contributed by atoms with van der Waals surface area (Å²) in [4.78, 5) is 16.2. The molecule has 1 heterocycles. The Morgan fingerprint density at radius 1 is 1.19 bits per heavy atom. The number of hydrogen-bond acceptors (Lipinski definition) is 3. The lowest BCUT2D eigenvalue weighted by atomic mass is 10.2. The van der Waals surface area contributed by atoms with Gasteiger partial charge in [0, 0.05) is 17.8 Å². The summed E-state index contributed by atoms with van der Waals surface area (Å²) in [5.41, 5.74) is 1.71. The van der Waals surface area contributed by atoms with E-state index in [-0.39, 0.29) is 11.6 Å². The van der Waals surface area contributed by atoms with Crippen molar-refractivity contribution >= 4 is 45.9 Å². The number of fused-ring (bicyclic) bond motifs is 1. The summed E-state index contributed by atoms with van der Waals surface area (Å²) < 4.78 is 43.7. The molecule has 0 aliphatic heterocycles. The molecule has 9 heteroatoms. The largest absolute Gasteiger partial charge is 0.471 e. The van der Waals surface area contributed by atoms with Gasteiger partial charge in [-0.2, -0.15) is 13.2 Å². The zero-order valence-corrected chi connectivity index (χ0v) is 15.0. The Kier molecular flexibility index (Phi) is 4.62. The number of alkyl halides is 3. The van der Waals surface area contributed by atoms with Crippen LogP contribution in [-0.2, 0) is 4.79 Å². The highest BCUT2D eigenvalue weighted by molar-refractivity contribution is 6.35. The fourth-order valence-corrected chi connectivity index (χ4v) is 2.83. The third kappa shape index (κ3) is 3.37. The van der Waals surface area contributed by atoms with Gasteiger partial charge in [-0.05, 0) is 42.8 Å². The van der Waals surface area contributed by atoms with Gasteiger partial charge in [-0.3, -0.25) is 4.79 Å². The number of oxazole rings is 1. The number of anilines is 1. The summed E-state index contributed by atoms with van der Waals surface area (Å²) in [5.74, 6) is -1.80. The topological polar surface area (TPSA) is 46.3 Å². The highest BCUT2D eigenvalue weighted by atomic mass is 35.5. The minimum absolute atomic E-state index is 0.0503. The molecule has 136 valence electrons. The predicted octanol–water partition coefficient (Wildman–Crippen LogP) is 5.64. The molecule has 0 aliphatic rings. The van der Waals surface area contributed by atoms with E-state index in [1.807, 2.05) is 0 Å². The van der Waals surface area contributed by atoms with E-state index in [4.69, 9.17) is 27.6 Å². The molecular weight excluding hydrogens is 392 g/mol. The first-order valence-corrected chi connectivity index (χ1v) is 8.05. The van der Waals surface area contributed by atoms with E-state index in [9.17, 15) is 18.0 Å². The molecule has 0 saturated heterocycles.